The van der Waals surface area contributed by atoms with Crippen LogP contribution in [0.25, 0.3) is 0 Å². The molecule has 1 aromatic heterocycles. The summed E-state index contributed by atoms with van der Waals surface area (Å²) in [4.78, 5) is 20.4. The SMILES string of the molecule is Cn1cnc(S(=O)(=O)O)c1.O=C(c1ccc(NCc2cccc(F)c2)cc1)N1CCN(c2ccccc2)CC1. The molecule has 39 heavy (non-hydrogen) atoms. The van der Waals surface area contributed by atoms with Crippen molar-refractivity contribution in [1.82, 2.24) is 14.5 Å². The van der Waals surface area contributed by atoms with E-state index in [2.05, 4.69) is 27.3 Å². The van der Waals surface area contributed by atoms with E-state index in [9.17, 15) is 17.6 Å². The van der Waals surface area contributed by atoms with E-state index >= 15 is 0 Å². The highest BCUT2D eigenvalue weighted by atomic mass is 32.2. The minimum absolute atomic E-state index is 0.0643. The number of imidazole rings is 1. The number of nitrogens with zero attached hydrogens (tertiary/aromatic N) is 4. The first-order valence-electron chi connectivity index (χ1n) is 12.3. The molecule has 0 radical (unpaired) electrons. The lowest BCUT2D eigenvalue weighted by Crippen LogP contribution is -2.48. The molecule has 5 rings (SSSR count). The van der Waals surface area contributed by atoms with Crippen LogP contribution in [0.1, 0.15) is 15.9 Å². The van der Waals surface area contributed by atoms with Crippen LogP contribution in [0.5, 0.6) is 0 Å². The summed E-state index contributed by atoms with van der Waals surface area (Å²) in [5.74, 6) is -0.174. The van der Waals surface area contributed by atoms with Crippen LogP contribution < -0.4 is 10.2 Å². The van der Waals surface area contributed by atoms with Gasteiger partial charge in [-0.15, -0.1) is 0 Å². The van der Waals surface area contributed by atoms with Crippen LogP contribution in [-0.4, -0.2) is 59.5 Å². The molecule has 1 aliphatic heterocycles. The molecule has 9 nitrogen and oxygen atoms in total. The molecule has 0 bridgehead atoms. The first kappa shape index (κ1) is 27.8. The molecule has 0 atom stereocenters. The zero-order valence-corrected chi connectivity index (χ0v) is 22.3. The van der Waals surface area contributed by atoms with E-state index in [1.165, 1.54) is 34.9 Å². The van der Waals surface area contributed by atoms with E-state index in [0.29, 0.717) is 25.2 Å². The third-order valence-corrected chi connectivity index (χ3v) is 6.89. The van der Waals surface area contributed by atoms with E-state index in [1.54, 1.807) is 13.1 Å². The van der Waals surface area contributed by atoms with E-state index in [0.717, 1.165) is 24.3 Å². The van der Waals surface area contributed by atoms with Gasteiger partial charge in [0, 0.05) is 62.9 Å². The fourth-order valence-corrected chi connectivity index (χ4v) is 4.57. The highest BCUT2D eigenvalue weighted by molar-refractivity contribution is 7.85. The molecule has 1 aliphatic rings. The minimum Gasteiger partial charge on any atom is -0.381 e. The maximum atomic E-state index is 13.3. The zero-order chi connectivity index (χ0) is 27.8. The van der Waals surface area contributed by atoms with Crippen molar-refractivity contribution in [2.45, 2.75) is 11.6 Å². The van der Waals surface area contributed by atoms with Crippen molar-refractivity contribution in [2.75, 3.05) is 36.4 Å². The van der Waals surface area contributed by atoms with Crippen molar-refractivity contribution in [2.24, 2.45) is 7.05 Å². The van der Waals surface area contributed by atoms with Crippen LogP contribution in [0, 0.1) is 5.82 Å². The van der Waals surface area contributed by atoms with E-state index in [1.807, 2.05) is 53.4 Å². The third-order valence-electron chi connectivity index (χ3n) is 6.15. The van der Waals surface area contributed by atoms with Gasteiger partial charge in [-0.05, 0) is 54.1 Å². The van der Waals surface area contributed by atoms with Crippen LogP contribution in [0.2, 0.25) is 0 Å². The number of rotatable bonds is 6. The quantitative estimate of drug-likeness (QED) is 0.348. The molecule has 0 spiro atoms. The number of anilines is 2. The lowest BCUT2D eigenvalue weighted by Gasteiger charge is -2.36. The Labute approximate surface area is 227 Å². The van der Waals surface area contributed by atoms with E-state index in [4.69, 9.17) is 4.55 Å². The van der Waals surface area contributed by atoms with Crippen LogP contribution in [0.4, 0.5) is 15.8 Å². The first-order chi connectivity index (χ1) is 18.7. The second-order valence-corrected chi connectivity index (χ2v) is 10.4. The van der Waals surface area contributed by atoms with Crippen molar-refractivity contribution in [1.29, 1.82) is 0 Å². The number of carbonyl (C=O) groups excluding carboxylic acids is 1. The molecule has 3 aromatic carbocycles. The summed E-state index contributed by atoms with van der Waals surface area (Å²) in [6.45, 7) is 3.64. The van der Waals surface area contributed by atoms with Crippen molar-refractivity contribution in [3.05, 3.63) is 108 Å². The van der Waals surface area contributed by atoms with Crippen molar-refractivity contribution < 1.29 is 22.2 Å². The molecule has 1 amide bonds. The number of aryl methyl sites for hydroxylation is 1. The number of nitrogens with one attached hydrogen (secondary N) is 1. The predicted molar refractivity (Wildman–Crippen MR) is 148 cm³/mol. The van der Waals surface area contributed by atoms with Gasteiger partial charge in [-0.1, -0.05) is 30.3 Å². The van der Waals surface area contributed by atoms with E-state index in [-0.39, 0.29) is 16.8 Å². The molecular weight excluding hydrogens is 521 g/mol. The number of hydrogen-bond acceptors (Lipinski definition) is 6. The summed E-state index contributed by atoms with van der Waals surface area (Å²) < 4.78 is 43.7. The van der Waals surface area contributed by atoms with Crippen LogP contribution in [0.3, 0.4) is 0 Å². The standard InChI is InChI=1S/C24H24FN3O.C4H6N2O3S/c25-21-6-4-5-19(17-21)18-26-22-11-9-20(10-12-22)24(29)28-15-13-27(14-16-28)23-7-2-1-3-8-23;1-6-2-4(5-3-6)10(7,8)9/h1-12,17,26H,13-16,18H2;2-3H,1H3,(H,7,8,9). The maximum Gasteiger partial charge on any atom is 0.313 e. The Hall–Kier alpha value is -4.22. The number of aromatic nitrogens is 2. The molecule has 11 heteroatoms. The summed E-state index contributed by atoms with van der Waals surface area (Å²) in [7, 11) is -2.50. The number of piperazine rings is 1. The highest BCUT2D eigenvalue weighted by Crippen LogP contribution is 2.18. The Bertz CT molecular complexity index is 1490. The normalized spacial score (nSPS) is 13.4. The summed E-state index contributed by atoms with van der Waals surface area (Å²) >= 11 is 0. The molecule has 204 valence electrons. The van der Waals surface area contributed by atoms with Gasteiger partial charge >= 0.3 is 10.1 Å². The lowest BCUT2D eigenvalue weighted by atomic mass is 10.1. The predicted octanol–water partition coefficient (Wildman–Crippen LogP) is 4.07. The monoisotopic (exact) mass is 551 g/mol. The van der Waals surface area contributed by atoms with Gasteiger partial charge in [-0.2, -0.15) is 8.42 Å². The molecule has 0 saturated carbocycles. The summed E-state index contributed by atoms with van der Waals surface area (Å²) in [5, 5.41) is 2.94. The van der Waals surface area contributed by atoms with E-state index < -0.39 is 10.1 Å². The zero-order valence-electron chi connectivity index (χ0n) is 21.4. The second kappa shape index (κ2) is 12.5. The first-order valence-corrected chi connectivity index (χ1v) is 13.8. The van der Waals surface area contributed by atoms with Crippen molar-refractivity contribution in [3.8, 4) is 0 Å². The second-order valence-electron chi connectivity index (χ2n) is 9.03. The Morgan fingerprint density at radius 2 is 1.67 bits per heavy atom. The topological polar surface area (TPSA) is 108 Å². The van der Waals surface area contributed by atoms with Crippen LogP contribution >= 0.6 is 0 Å². The molecule has 0 aliphatic carbocycles. The van der Waals surface area contributed by atoms with Gasteiger partial charge in [-0.3, -0.25) is 9.35 Å². The largest absolute Gasteiger partial charge is 0.381 e. The number of benzene rings is 3. The molecular formula is C28H30FN5O4S. The van der Waals surface area contributed by atoms with Crippen LogP contribution in [0.15, 0.2) is 96.4 Å². The van der Waals surface area contributed by atoms with Gasteiger partial charge in [0.05, 0.1) is 6.33 Å². The molecule has 4 aromatic rings. The molecule has 2 N–H and O–H groups in total. The molecule has 1 saturated heterocycles. The Morgan fingerprint density at radius 3 is 2.23 bits per heavy atom. The molecule has 0 unspecified atom stereocenters. The summed E-state index contributed by atoms with van der Waals surface area (Å²) in [6.07, 6.45) is 2.51. The average molecular weight is 552 g/mol. The van der Waals surface area contributed by atoms with Gasteiger partial charge in [0.25, 0.3) is 5.91 Å². The molecule has 2 heterocycles. The number of amides is 1. The Balaban J connectivity index is 0.000000298. The third kappa shape index (κ3) is 7.88. The Morgan fingerprint density at radius 1 is 0.974 bits per heavy atom. The minimum atomic E-state index is -4.11. The smallest absolute Gasteiger partial charge is 0.313 e. The number of hydrogen-bond donors (Lipinski definition) is 2. The highest BCUT2D eigenvalue weighted by Gasteiger charge is 2.22. The fourth-order valence-electron chi connectivity index (χ4n) is 4.09. The van der Waals surface area contributed by atoms with Gasteiger partial charge in [0.2, 0.25) is 0 Å². The van der Waals surface area contributed by atoms with Gasteiger partial charge in [0.15, 0.2) is 5.03 Å². The number of carbonyl (C=O) groups is 1. The van der Waals surface area contributed by atoms with Crippen molar-refractivity contribution in [3.63, 3.8) is 0 Å². The fraction of sp³-hybridized carbons (Fsp3) is 0.214. The average Bonchev–Trinajstić information content (AvgIpc) is 3.40. The maximum absolute atomic E-state index is 13.3. The van der Waals surface area contributed by atoms with Crippen LogP contribution in [-0.2, 0) is 23.7 Å². The summed E-state index contributed by atoms with van der Waals surface area (Å²) in [6, 6.07) is 24.3. The number of halogens is 1. The Kier molecular flexibility index (Phi) is 8.95. The number of para-hydroxylation sites is 1. The van der Waals surface area contributed by atoms with Gasteiger partial charge < -0.3 is 19.7 Å². The van der Waals surface area contributed by atoms with Gasteiger partial charge in [-0.25, -0.2) is 9.37 Å². The summed E-state index contributed by atoms with van der Waals surface area (Å²) in [5.41, 5.74) is 3.67. The lowest BCUT2D eigenvalue weighted by molar-refractivity contribution is 0.0747. The van der Waals surface area contributed by atoms with Gasteiger partial charge in [0.1, 0.15) is 5.82 Å². The molecule has 1 fully saturated rings. The van der Waals surface area contributed by atoms with Crippen molar-refractivity contribution >= 4 is 27.4 Å².